The van der Waals surface area contributed by atoms with Crippen LogP contribution in [0.25, 0.3) is 0 Å². The fourth-order valence-corrected chi connectivity index (χ4v) is 2.48. The molecule has 0 fully saturated rings. The van der Waals surface area contributed by atoms with E-state index in [0.717, 1.165) is 12.1 Å². The average molecular weight is 445 g/mol. The highest BCUT2D eigenvalue weighted by Crippen LogP contribution is 2.31. The van der Waals surface area contributed by atoms with E-state index in [0.29, 0.717) is 11.1 Å². The van der Waals surface area contributed by atoms with Crippen LogP contribution in [0, 0.1) is 0 Å². The highest BCUT2D eigenvalue weighted by atomic mass is 19.4. The Morgan fingerprint density at radius 2 is 1.72 bits per heavy atom. The van der Waals surface area contributed by atoms with Crippen molar-refractivity contribution in [3.8, 4) is 0 Å². The molecule has 9 nitrogen and oxygen atoms in total. The fourth-order valence-electron chi connectivity index (χ4n) is 2.48. The van der Waals surface area contributed by atoms with Crippen LogP contribution in [0.3, 0.4) is 0 Å². The number of hydrogen-bond donors (Lipinski definition) is 3. The summed E-state index contributed by atoms with van der Waals surface area (Å²) in [7, 11) is 2.88. The number of methoxy groups -OCH3 is 1. The largest absolute Gasteiger partial charge is 0.465 e. The van der Waals surface area contributed by atoms with E-state index in [1.54, 1.807) is 31.3 Å². The lowest BCUT2D eigenvalue weighted by molar-refractivity contribution is -0.137. The van der Waals surface area contributed by atoms with Crippen LogP contribution < -0.4 is 16.1 Å². The molecule has 1 heterocycles. The van der Waals surface area contributed by atoms with Crippen molar-refractivity contribution in [1.29, 1.82) is 0 Å². The second-order valence-corrected chi connectivity index (χ2v) is 6.24. The van der Waals surface area contributed by atoms with Gasteiger partial charge in [0.15, 0.2) is 0 Å². The molecule has 0 spiro atoms. The maximum Gasteiger partial charge on any atom is 0.416 e. The summed E-state index contributed by atoms with van der Waals surface area (Å²) >= 11 is 0. The molecule has 2 aromatic carbocycles. The highest BCUT2D eigenvalue weighted by Gasteiger charge is 2.30. The molecule has 0 radical (unpaired) electrons. The lowest BCUT2D eigenvalue weighted by atomic mass is 10.1. The van der Waals surface area contributed by atoms with Gasteiger partial charge in [-0.1, -0.05) is 18.2 Å². The van der Waals surface area contributed by atoms with Gasteiger partial charge in [0.25, 0.3) is 0 Å². The van der Waals surface area contributed by atoms with Crippen LogP contribution in [0.15, 0.2) is 53.6 Å². The Morgan fingerprint density at radius 1 is 1.03 bits per heavy atom. The van der Waals surface area contributed by atoms with Crippen molar-refractivity contribution in [3.05, 3.63) is 65.2 Å². The number of hydrazone groups is 1. The van der Waals surface area contributed by atoms with Crippen LogP contribution in [-0.2, 0) is 10.9 Å². The van der Waals surface area contributed by atoms with Gasteiger partial charge in [-0.15, -0.1) is 0 Å². The summed E-state index contributed by atoms with van der Waals surface area (Å²) in [4.78, 5) is 23.7. The second kappa shape index (κ2) is 9.73. The number of carbonyl (C=O) groups is 1. The summed E-state index contributed by atoms with van der Waals surface area (Å²) in [5, 5.41) is 9.49. The molecule has 0 aliphatic heterocycles. The zero-order chi connectivity index (χ0) is 23.1. The first kappa shape index (κ1) is 22.5. The molecular formula is C20H18F3N7O2. The number of esters is 1. The van der Waals surface area contributed by atoms with Crippen molar-refractivity contribution < 1.29 is 22.7 Å². The van der Waals surface area contributed by atoms with E-state index in [9.17, 15) is 18.0 Å². The van der Waals surface area contributed by atoms with Gasteiger partial charge >= 0.3 is 12.1 Å². The fraction of sp³-hybridized carbons (Fsp3) is 0.150. The third kappa shape index (κ3) is 5.90. The Morgan fingerprint density at radius 3 is 2.38 bits per heavy atom. The number of halogens is 3. The Kier molecular flexibility index (Phi) is 6.83. The van der Waals surface area contributed by atoms with Crippen molar-refractivity contribution >= 4 is 35.7 Å². The van der Waals surface area contributed by atoms with Gasteiger partial charge in [0.05, 0.1) is 24.5 Å². The predicted octanol–water partition coefficient (Wildman–Crippen LogP) is 3.91. The number of nitrogens with zero attached hydrogens (tertiary/aromatic N) is 4. The van der Waals surface area contributed by atoms with E-state index in [1.165, 1.54) is 25.5 Å². The minimum absolute atomic E-state index is 0.0174. The van der Waals surface area contributed by atoms with Gasteiger partial charge in [0.1, 0.15) is 0 Å². The van der Waals surface area contributed by atoms with Crippen molar-refractivity contribution in [2.75, 3.05) is 30.2 Å². The zero-order valence-corrected chi connectivity index (χ0v) is 16.9. The molecule has 1 aromatic heterocycles. The summed E-state index contributed by atoms with van der Waals surface area (Å²) in [5.41, 5.74) is 3.09. The van der Waals surface area contributed by atoms with Gasteiger partial charge in [-0.3, -0.25) is 0 Å². The molecule has 0 bridgehead atoms. The van der Waals surface area contributed by atoms with E-state index >= 15 is 0 Å². The van der Waals surface area contributed by atoms with Gasteiger partial charge in [-0.25, -0.2) is 10.2 Å². The number of carbonyl (C=O) groups excluding carboxylic acids is 1. The number of nitrogens with one attached hydrogen (secondary N) is 3. The Bertz CT molecular complexity index is 1120. The van der Waals surface area contributed by atoms with Gasteiger partial charge in [0.2, 0.25) is 17.8 Å². The number of aromatic nitrogens is 3. The van der Waals surface area contributed by atoms with E-state index in [1.807, 2.05) is 0 Å². The highest BCUT2D eigenvalue weighted by molar-refractivity contribution is 5.90. The monoisotopic (exact) mass is 445 g/mol. The Labute approximate surface area is 180 Å². The molecule has 166 valence electrons. The summed E-state index contributed by atoms with van der Waals surface area (Å²) in [5.74, 6) is -0.197. The SMILES string of the molecule is CNc1nc(NN=Cc2ccc(C(=O)OC)cc2)nc(Nc2cccc(C(F)(F)F)c2)n1. The van der Waals surface area contributed by atoms with Crippen LogP contribution >= 0.6 is 0 Å². The molecule has 32 heavy (non-hydrogen) atoms. The summed E-state index contributed by atoms with van der Waals surface area (Å²) < 4.78 is 43.4. The topological polar surface area (TPSA) is 113 Å². The predicted molar refractivity (Wildman–Crippen MR) is 113 cm³/mol. The van der Waals surface area contributed by atoms with Crippen LogP contribution in [0.5, 0.6) is 0 Å². The molecule has 0 amide bonds. The van der Waals surface area contributed by atoms with Crippen molar-refractivity contribution in [1.82, 2.24) is 15.0 Å². The third-order valence-electron chi connectivity index (χ3n) is 4.02. The van der Waals surface area contributed by atoms with Crippen molar-refractivity contribution in [3.63, 3.8) is 0 Å². The normalized spacial score (nSPS) is 11.3. The molecule has 0 saturated heterocycles. The van der Waals surface area contributed by atoms with Crippen LogP contribution in [0.1, 0.15) is 21.5 Å². The van der Waals surface area contributed by atoms with Gasteiger partial charge < -0.3 is 15.4 Å². The average Bonchev–Trinajstić information content (AvgIpc) is 2.78. The lowest BCUT2D eigenvalue weighted by Gasteiger charge is -2.11. The number of hydrogen-bond acceptors (Lipinski definition) is 9. The van der Waals surface area contributed by atoms with Crippen molar-refractivity contribution in [2.45, 2.75) is 6.18 Å². The molecule has 12 heteroatoms. The number of rotatable bonds is 7. The maximum atomic E-state index is 12.9. The standard InChI is InChI=1S/C20H18F3N7O2/c1-24-17-27-18(26-15-5-3-4-14(10-15)20(21,22)23)29-19(28-17)30-25-11-12-6-8-13(9-7-12)16(31)32-2/h3-11H,1-2H3,(H3,24,26,27,28,29,30). The molecule has 0 aliphatic carbocycles. The van der Waals surface area contributed by atoms with Gasteiger partial charge in [-0.2, -0.15) is 33.2 Å². The summed E-state index contributed by atoms with van der Waals surface area (Å²) in [6.07, 6.45) is -2.99. The second-order valence-electron chi connectivity index (χ2n) is 6.24. The summed E-state index contributed by atoms with van der Waals surface area (Å²) in [6.45, 7) is 0. The first-order chi connectivity index (χ1) is 15.3. The minimum atomic E-state index is -4.47. The van der Waals surface area contributed by atoms with Gasteiger partial charge in [0, 0.05) is 12.7 Å². The first-order valence-corrected chi connectivity index (χ1v) is 9.14. The molecule has 0 unspecified atom stereocenters. The van der Waals surface area contributed by atoms with Gasteiger partial charge in [-0.05, 0) is 35.9 Å². The summed E-state index contributed by atoms with van der Waals surface area (Å²) in [6, 6.07) is 11.2. The minimum Gasteiger partial charge on any atom is -0.465 e. The number of anilines is 4. The number of alkyl halides is 3. The molecule has 0 aliphatic rings. The number of ether oxygens (including phenoxy) is 1. The van der Waals surface area contributed by atoms with Crippen LogP contribution in [-0.4, -0.2) is 41.3 Å². The smallest absolute Gasteiger partial charge is 0.416 e. The maximum absolute atomic E-state index is 12.9. The third-order valence-corrected chi connectivity index (χ3v) is 4.02. The first-order valence-electron chi connectivity index (χ1n) is 9.14. The Hall–Kier alpha value is -4.22. The molecule has 3 rings (SSSR count). The number of benzene rings is 2. The lowest BCUT2D eigenvalue weighted by Crippen LogP contribution is -2.08. The van der Waals surface area contributed by atoms with Crippen LogP contribution in [0.2, 0.25) is 0 Å². The molecule has 0 saturated carbocycles. The van der Waals surface area contributed by atoms with E-state index in [4.69, 9.17) is 0 Å². The zero-order valence-electron chi connectivity index (χ0n) is 16.9. The van der Waals surface area contributed by atoms with E-state index in [2.05, 4.69) is 40.8 Å². The molecular weight excluding hydrogens is 427 g/mol. The molecule has 3 N–H and O–H groups in total. The molecule has 3 aromatic rings. The van der Waals surface area contributed by atoms with Crippen LogP contribution in [0.4, 0.5) is 36.7 Å². The van der Waals surface area contributed by atoms with Crippen molar-refractivity contribution in [2.24, 2.45) is 5.10 Å². The van der Waals surface area contributed by atoms with E-state index < -0.39 is 17.7 Å². The molecule has 0 atom stereocenters. The Balaban J connectivity index is 1.74. The quantitative estimate of drug-likeness (QED) is 0.285. The van der Waals surface area contributed by atoms with E-state index in [-0.39, 0.29) is 23.5 Å².